The van der Waals surface area contributed by atoms with Gasteiger partial charge in [-0.15, -0.1) is 0 Å². The molecule has 4 aromatic carbocycles. The molecule has 0 aliphatic heterocycles. The van der Waals surface area contributed by atoms with Crippen LogP contribution in [0.25, 0.3) is 0 Å². The van der Waals surface area contributed by atoms with Crippen LogP contribution < -0.4 is 14.4 Å². The van der Waals surface area contributed by atoms with Crippen LogP contribution in [0.15, 0.2) is 114 Å². The summed E-state index contributed by atoms with van der Waals surface area (Å²) in [7, 11) is -2.72. The van der Waals surface area contributed by atoms with Crippen LogP contribution in [0.2, 0.25) is 5.02 Å². The van der Waals surface area contributed by atoms with Gasteiger partial charge >= 0.3 is 0 Å². The van der Waals surface area contributed by atoms with Gasteiger partial charge in [0.1, 0.15) is 18.3 Å². The van der Waals surface area contributed by atoms with Gasteiger partial charge in [-0.1, -0.05) is 85.3 Å². The highest BCUT2D eigenvalue weighted by atomic mass is 35.5. The molecule has 8 nitrogen and oxygen atoms in total. The summed E-state index contributed by atoms with van der Waals surface area (Å²) in [5.41, 5.74) is 1.80. The molecule has 2 atom stereocenters. The monoisotopic (exact) mass is 647 g/mol. The number of hydrogen-bond acceptors (Lipinski definition) is 5. The summed E-state index contributed by atoms with van der Waals surface area (Å²) in [5, 5.41) is 3.51. The minimum Gasteiger partial charge on any atom is -0.497 e. The van der Waals surface area contributed by atoms with Gasteiger partial charge in [-0.2, -0.15) is 0 Å². The topological polar surface area (TPSA) is 96.0 Å². The zero-order valence-corrected chi connectivity index (χ0v) is 27.2. The van der Waals surface area contributed by atoms with E-state index < -0.39 is 28.5 Å². The number of anilines is 1. The molecule has 4 rings (SSSR count). The number of ether oxygens (including phenoxy) is 1. The summed E-state index contributed by atoms with van der Waals surface area (Å²) < 4.78 is 34.6. The number of halogens is 1. The molecule has 0 aliphatic carbocycles. The lowest BCUT2D eigenvalue weighted by atomic mass is 10.0. The fraction of sp³-hybridized carbons (Fsp3) is 0.257. The number of hydrogen-bond donors (Lipinski definition) is 1. The van der Waals surface area contributed by atoms with Crippen LogP contribution in [0.5, 0.6) is 5.75 Å². The highest BCUT2D eigenvalue weighted by Crippen LogP contribution is 2.28. The van der Waals surface area contributed by atoms with Gasteiger partial charge in [-0.25, -0.2) is 8.42 Å². The number of nitrogens with zero attached hydrogens (tertiary/aromatic N) is 2. The summed E-state index contributed by atoms with van der Waals surface area (Å²) in [4.78, 5) is 29.9. The number of sulfonamides is 1. The molecule has 4 aromatic rings. The molecular formula is C35H38ClN3O5S. The van der Waals surface area contributed by atoms with Crippen molar-refractivity contribution in [3.05, 3.63) is 125 Å². The van der Waals surface area contributed by atoms with Gasteiger partial charge in [0.05, 0.1) is 17.7 Å². The predicted molar refractivity (Wildman–Crippen MR) is 178 cm³/mol. The van der Waals surface area contributed by atoms with E-state index in [1.807, 2.05) is 50.2 Å². The molecule has 0 aromatic heterocycles. The minimum atomic E-state index is -4.21. The molecule has 0 heterocycles. The maximum Gasteiger partial charge on any atom is 0.264 e. The van der Waals surface area contributed by atoms with Gasteiger partial charge in [0.25, 0.3) is 10.0 Å². The first-order valence-corrected chi connectivity index (χ1v) is 16.5. The third-order valence-corrected chi connectivity index (χ3v) is 9.49. The molecule has 0 radical (unpaired) electrons. The summed E-state index contributed by atoms with van der Waals surface area (Å²) in [6, 6.07) is 29.8. The summed E-state index contributed by atoms with van der Waals surface area (Å²) in [6.45, 7) is 3.33. The Morgan fingerprint density at radius 1 is 0.867 bits per heavy atom. The fourth-order valence-electron chi connectivity index (χ4n) is 4.84. The quantitative estimate of drug-likeness (QED) is 0.179. The van der Waals surface area contributed by atoms with Crippen molar-refractivity contribution in [3.63, 3.8) is 0 Å². The standard InChI is InChI=1S/C35H38ClN3O5S/c1-4-26(2)37-35(41)33(22-27-13-7-5-8-14-27)38(24-28-15-11-16-29(36)21-28)34(40)25-39(30-17-12-18-31(23-30)44-3)45(42,43)32-19-9-6-10-20-32/h5-21,23,26,33H,4,22,24-25H2,1-3H3,(H,37,41)/t26-,33-/m0/s1. The molecule has 0 aliphatic rings. The van der Waals surface area contributed by atoms with Gasteiger partial charge < -0.3 is 15.0 Å². The fourth-order valence-corrected chi connectivity index (χ4v) is 6.48. The van der Waals surface area contributed by atoms with Crippen molar-refractivity contribution in [2.24, 2.45) is 0 Å². The van der Waals surface area contributed by atoms with E-state index in [4.69, 9.17) is 16.3 Å². The number of rotatable bonds is 14. The van der Waals surface area contributed by atoms with E-state index >= 15 is 0 Å². The van der Waals surface area contributed by atoms with Crippen molar-refractivity contribution in [1.82, 2.24) is 10.2 Å². The van der Waals surface area contributed by atoms with Crippen molar-refractivity contribution in [1.29, 1.82) is 0 Å². The van der Waals surface area contributed by atoms with Crippen LogP contribution in [0, 0.1) is 0 Å². The van der Waals surface area contributed by atoms with E-state index in [2.05, 4.69) is 5.32 Å². The Kier molecular flexibility index (Phi) is 11.6. The first-order chi connectivity index (χ1) is 21.6. The van der Waals surface area contributed by atoms with Gasteiger partial charge in [0.2, 0.25) is 11.8 Å². The molecule has 0 saturated heterocycles. The normalized spacial score (nSPS) is 12.5. The van der Waals surface area contributed by atoms with Crippen molar-refractivity contribution in [2.75, 3.05) is 18.0 Å². The Morgan fingerprint density at radius 3 is 2.16 bits per heavy atom. The lowest BCUT2D eigenvalue weighted by molar-refractivity contribution is -0.140. The summed E-state index contributed by atoms with van der Waals surface area (Å²) in [6.07, 6.45) is 0.922. The minimum absolute atomic E-state index is 0.0253. The van der Waals surface area contributed by atoms with Crippen molar-refractivity contribution in [2.45, 2.75) is 50.2 Å². The molecule has 0 unspecified atom stereocenters. The zero-order valence-electron chi connectivity index (χ0n) is 25.6. The SMILES string of the molecule is CC[C@H](C)NC(=O)[C@H](Cc1ccccc1)N(Cc1cccc(Cl)c1)C(=O)CN(c1cccc(OC)c1)S(=O)(=O)c1ccccc1. The van der Waals surface area contributed by atoms with Crippen molar-refractivity contribution >= 4 is 39.1 Å². The molecule has 2 amide bonds. The van der Waals surface area contributed by atoms with Crippen molar-refractivity contribution in [3.8, 4) is 5.75 Å². The highest BCUT2D eigenvalue weighted by Gasteiger charge is 2.35. The van der Waals surface area contributed by atoms with Crippen LogP contribution in [0.3, 0.4) is 0 Å². The first-order valence-electron chi connectivity index (χ1n) is 14.7. The number of nitrogens with one attached hydrogen (secondary N) is 1. The Balaban J connectivity index is 1.81. The molecule has 0 bridgehead atoms. The largest absolute Gasteiger partial charge is 0.497 e. The van der Waals surface area contributed by atoms with Gasteiger partial charge in [-0.05, 0) is 60.9 Å². The average Bonchev–Trinajstić information content (AvgIpc) is 3.05. The average molecular weight is 648 g/mol. The Morgan fingerprint density at radius 2 is 1.51 bits per heavy atom. The van der Waals surface area contributed by atoms with E-state index in [0.717, 1.165) is 9.87 Å². The van der Waals surface area contributed by atoms with E-state index in [0.29, 0.717) is 22.8 Å². The second-order valence-corrected chi connectivity index (χ2v) is 13.0. The van der Waals surface area contributed by atoms with Gasteiger partial charge in [0.15, 0.2) is 0 Å². The lowest BCUT2D eigenvalue weighted by Gasteiger charge is -2.34. The molecule has 0 spiro atoms. The number of carbonyl (C=O) groups is 2. The number of carbonyl (C=O) groups excluding carboxylic acids is 2. The van der Waals surface area contributed by atoms with E-state index in [9.17, 15) is 18.0 Å². The van der Waals surface area contributed by atoms with Crippen LogP contribution in [0.4, 0.5) is 5.69 Å². The molecule has 1 N–H and O–H groups in total. The molecule has 236 valence electrons. The van der Waals surface area contributed by atoms with Crippen LogP contribution in [-0.4, -0.2) is 50.9 Å². The van der Waals surface area contributed by atoms with Crippen molar-refractivity contribution < 1.29 is 22.7 Å². The highest BCUT2D eigenvalue weighted by molar-refractivity contribution is 7.92. The van der Waals surface area contributed by atoms with Gasteiger partial charge in [0, 0.05) is 30.1 Å². The Labute approximate surface area is 270 Å². The van der Waals surface area contributed by atoms with Crippen LogP contribution in [0.1, 0.15) is 31.4 Å². The van der Waals surface area contributed by atoms with E-state index in [-0.39, 0.29) is 35.5 Å². The zero-order chi connectivity index (χ0) is 32.4. The number of benzene rings is 4. The summed E-state index contributed by atoms with van der Waals surface area (Å²) >= 11 is 6.31. The predicted octanol–water partition coefficient (Wildman–Crippen LogP) is 6.10. The second-order valence-electron chi connectivity index (χ2n) is 10.7. The van der Waals surface area contributed by atoms with E-state index in [1.54, 1.807) is 60.7 Å². The Bertz CT molecular complexity index is 1690. The Hall–Kier alpha value is -4.34. The van der Waals surface area contributed by atoms with Crippen LogP contribution in [-0.2, 0) is 32.6 Å². The van der Waals surface area contributed by atoms with E-state index in [1.165, 1.54) is 24.1 Å². The number of methoxy groups -OCH3 is 1. The van der Waals surface area contributed by atoms with Gasteiger partial charge in [-0.3, -0.25) is 13.9 Å². The first kappa shape index (κ1) is 33.6. The molecular weight excluding hydrogens is 610 g/mol. The molecule has 0 fully saturated rings. The lowest BCUT2D eigenvalue weighted by Crippen LogP contribution is -2.54. The second kappa shape index (κ2) is 15.6. The number of amides is 2. The molecule has 10 heteroatoms. The molecule has 0 saturated carbocycles. The smallest absolute Gasteiger partial charge is 0.264 e. The van der Waals surface area contributed by atoms with Crippen LogP contribution >= 0.6 is 11.6 Å². The third kappa shape index (κ3) is 8.86. The summed E-state index contributed by atoms with van der Waals surface area (Å²) in [5.74, 6) is -0.459. The maximum atomic E-state index is 14.5. The maximum absolute atomic E-state index is 14.5. The third-order valence-electron chi connectivity index (χ3n) is 7.47. The molecule has 45 heavy (non-hydrogen) atoms.